The first-order valence-electron chi connectivity index (χ1n) is 11.5. The lowest BCUT2D eigenvalue weighted by molar-refractivity contribution is -0.118. The number of rotatable bonds is 8. The van der Waals surface area contributed by atoms with E-state index in [1.807, 2.05) is 12.1 Å². The summed E-state index contributed by atoms with van der Waals surface area (Å²) in [6, 6.07) is 13.7. The maximum Gasteiger partial charge on any atom is 0.414 e. The van der Waals surface area contributed by atoms with E-state index >= 15 is 0 Å². The zero-order valence-electron chi connectivity index (χ0n) is 20.0. The predicted molar refractivity (Wildman–Crippen MR) is 139 cm³/mol. The monoisotopic (exact) mass is 530 g/mol. The van der Waals surface area contributed by atoms with Crippen molar-refractivity contribution in [1.29, 1.82) is 0 Å². The fraction of sp³-hybridized carbons (Fsp3) is 0.320. The molecular formula is C25H27ClN4O7. The number of aliphatic hydroxyl groups is 1. The maximum absolute atomic E-state index is 12.5. The minimum Gasteiger partial charge on any atom is -0.497 e. The molecule has 3 aromatic rings. The molecule has 1 aromatic heterocycles. The molecule has 2 aliphatic rings. The average molecular weight is 531 g/mol. The van der Waals surface area contributed by atoms with Crippen LogP contribution in [0, 0.1) is 0 Å². The molecular weight excluding hydrogens is 504 g/mol. The summed E-state index contributed by atoms with van der Waals surface area (Å²) < 4.78 is 17.6. The second-order valence-corrected chi connectivity index (χ2v) is 8.65. The van der Waals surface area contributed by atoms with Gasteiger partial charge in [0.2, 0.25) is 0 Å². The van der Waals surface area contributed by atoms with Gasteiger partial charge >= 0.3 is 6.09 Å². The smallest absolute Gasteiger partial charge is 0.414 e. The second-order valence-electron chi connectivity index (χ2n) is 8.65. The van der Waals surface area contributed by atoms with Crippen LogP contribution in [0.1, 0.15) is 0 Å². The van der Waals surface area contributed by atoms with Crippen molar-refractivity contribution in [2.24, 2.45) is 0 Å². The zero-order valence-corrected chi connectivity index (χ0v) is 20.8. The molecule has 1 saturated heterocycles. The highest BCUT2D eigenvalue weighted by Gasteiger charge is 2.33. The van der Waals surface area contributed by atoms with E-state index in [0.29, 0.717) is 41.5 Å². The molecule has 3 heterocycles. The van der Waals surface area contributed by atoms with Crippen molar-refractivity contribution in [3.05, 3.63) is 58.9 Å². The number of nitrogens with zero attached hydrogens (tertiary/aromatic N) is 2. The molecule has 11 nitrogen and oxygen atoms in total. The van der Waals surface area contributed by atoms with Crippen LogP contribution in [-0.4, -0.2) is 67.2 Å². The fourth-order valence-corrected chi connectivity index (χ4v) is 4.35. The molecule has 2 aromatic carbocycles. The van der Waals surface area contributed by atoms with Crippen LogP contribution in [0.5, 0.6) is 11.5 Å². The number of cyclic esters (lactones) is 1. The van der Waals surface area contributed by atoms with Crippen LogP contribution < -0.4 is 30.6 Å². The van der Waals surface area contributed by atoms with Gasteiger partial charge in [0.15, 0.2) is 6.61 Å². The third-order valence-corrected chi connectivity index (χ3v) is 6.13. The van der Waals surface area contributed by atoms with Crippen molar-refractivity contribution in [2.75, 3.05) is 43.6 Å². The Morgan fingerprint density at radius 2 is 1.97 bits per heavy atom. The molecule has 12 heteroatoms. The lowest BCUT2D eigenvalue weighted by Gasteiger charge is -2.20. The van der Waals surface area contributed by atoms with Crippen LogP contribution in [0.15, 0.2) is 53.3 Å². The fourth-order valence-electron chi connectivity index (χ4n) is 4.35. The molecule has 0 aliphatic carbocycles. The first-order valence-corrected chi connectivity index (χ1v) is 11.5. The minimum absolute atomic E-state index is 0. The van der Waals surface area contributed by atoms with Crippen molar-refractivity contribution >= 4 is 46.7 Å². The van der Waals surface area contributed by atoms with E-state index in [0.717, 1.165) is 5.39 Å². The second kappa shape index (κ2) is 11.1. The lowest BCUT2D eigenvalue weighted by atomic mass is 10.2. The largest absolute Gasteiger partial charge is 0.497 e. The number of hydrogen-bond acceptors (Lipinski definition) is 8. The molecule has 2 aliphatic heterocycles. The van der Waals surface area contributed by atoms with Crippen molar-refractivity contribution in [1.82, 2.24) is 9.88 Å². The molecule has 1 fully saturated rings. The molecule has 37 heavy (non-hydrogen) atoms. The third kappa shape index (κ3) is 5.63. The zero-order chi connectivity index (χ0) is 25.2. The molecule has 0 spiro atoms. The van der Waals surface area contributed by atoms with Gasteiger partial charge < -0.3 is 34.5 Å². The molecule has 5 rings (SSSR count). The van der Waals surface area contributed by atoms with Gasteiger partial charge in [-0.2, -0.15) is 0 Å². The quantitative estimate of drug-likeness (QED) is 0.401. The van der Waals surface area contributed by atoms with Gasteiger partial charge in [-0.15, -0.1) is 12.4 Å². The Kier molecular flexibility index (Phi) is 7.86. The Bertz CT molecular complexity index is 1380. The number of anilines is 2. The van der Waals surface area contributed by atoms with Crippen LogP contribution in [0.25, 0.3) is 10.9 Å². The number of aliphatic hydroxyl groups excluding tert-OH is 1. The summed E-state index contributed by atoms with van der Waals surface area (Å²) in [5.41, 5.74) is 1.54. The molecule has 196 valence electrons. The highest BCUT2D eigenvalue weighted by Crippen LogP contribution is 2.33. The van der Waals surface area contributed by atoms with Crippen molar-refractivity contribution in [3.8, 4) is 11.5 Å². The van der Waals surface area contributed by atoms with E-state index in [4.69, 9.17) is 14.2 Å². The summed E-state index contributed by atoms with van der Waals surface area (Å²) in [4.78, 5) is 38.0. The lowest BCUT2D eigenvalue weighted by Crippen LogP contribution is -2.38. The van der Waals surface area contributed by atoms with Crippen LogP contribution in [0.3, 0.4) is 0 Å². The Labute approximate surface area is 218 Å². The Morgan fingerprint density at radius 1 is 1.16 bits per heavy atom. The molecule has 0 saturated carbocycles. The number of pyridine rings is 1. The number of halogens is 1. The topological polar surface area (TPSA) is 131 Å². The van der Waals surface area contributed by atoms with Gasteiger partial charge in [0.25, 0.3) is 11.5 Å². The maximum atomic E-state index is 12.5. The highest BCUT2D eigenvalue weighted by molar-refractivity contribution is 5.97. The van der Waals surface area contributed by atoms with Gasteiger partial charge in [-0.25, -0.2) is 4.79 Å². The van der Waals surface area contributed by atoms with Crippen LogP contribution in [-0.2, 0) is 16.1 Å². The van der Waals surface area contributed by atoms with Gasteiger partial charge in [0.05, 0.1) is 37.5 Å². The minimum atomic E-state index is -0.850. The number of methoxy groups -OCH3 is 1. The van der Waals surface area contributed by atoms with Crippen LogP contribution in [0.4, 0.5) is 16.2 Å². The van der Waals surface area contributed by atoms with Crippen LogP contribution >= 0.6 is 12.4 Å². The number of carbonyl (C=O) groups is 2. The summed E-state index contributed by atoms with van der Waals surface area (Å²) in [7, 11) is 1.56. The summed E-state index contributed by atoms with van der Waals surface area (Å²) in [6.07, 6.45) is -1.78. The van der Waals surface area contributed by atoms with Gasteiger partial charge in [-0.1, -0.05) is 0 Å². The van der Waals surface area contributed by atoms with Crippen molar-refractivity contribution in [2.45, 2.75) is 18.8 Å². The number of nitrogens with one attached hydrogen (secondary N) is 2. The Morgan fingerprint density at radius 3 is 2.78 bits per heavy atom. The van der Waals surface area contributed by atoms with E-state index in [1.165, 1.54) is 15.5 Å². The van der Waals surface area contributed by atoms with Crippen molar-refractivity contribution in [3.63, 3.8) is 0 Å². The van der Waals surface area contributed by atoms with E-state index in [1.54, 1.807) is 37.4 Å². The molecule has 0 bridgehead atoms. The van der Waals surface area contributed by atoms with E-state index in [9.17, 15) is 19.5 Å². The van der Waals surface area contributed by atoms with E-state index < -0.39 is 18.3 Å². The number of amides is 2. The molecule has 0 radical (unpaired) electrons. The highest BCUT2D eigenvalue weighted by atomic mass is 35.5. The first kappa shape index (κ1) is 26.3. The molecule has 2 atom stereocenters. The average Bonchev–Trinajstić information content (AvgIpc) is 3.25. The summed E-state index contributed by atoms with van der Waals surface area (Å²) >= 11 is 0. The summed E-state index contributed by atoms with van der Waals surface area (Å²) in [5, 5.41) is 17.3. The standard InChI is InChI=1S/C25H26N4O7.ClH/c1-34-18-5-2-15-3-7-24(32)29(21(15)9-18)12-17(30)10-26-11-19-13-28(25(33)36-19)16-4-6-22-20(8-16)27-23(31)14-35-22;/h2-9,17,19,26,30H,10-14H2,1H3,(H,27,31);1H/t17-,19-;/m1./s1. The number of hydrogen-bond donors (Lipinski definition) is 3. The van der Waals surface area contributed by atoms with E-state index in [2.05, 4.69) is 10.6 Å². The van der Waals surface area contributed by atoms with E-state index in [-0.39, 0.29) is 43.6 Å². The molecule has 0 unspecified atom stereocenters. The SMILES string of the molecule is COc1ccc2ccc(=O)n(C[C@H](O)CNC[C@@H]3CN(c4ccc5c(c4)NC(=O)CO5)C(=O)O3)c2c1.Cl. The first-order chi connectivity index (χ1) is 17.4. The van der Waals surface area contributed by atoms with Gasteiger partial charge in [-0.3, -0.25) is 14.5 Å². The Hall–Kier alpha value is -3.80. The number of aromatic nitrogens is 1. The predicted octanol–water partition coefficient (Wildman–Crippen LogP) is 1.74. The molecule has 3 N–H and O–H groups in total. The summed E-state index contributed by atoms with van der Waals surface area (Å²) in [5.74, 6) is 0.909. The molecule has 2 amide bonds. The van der Waals surface area contributed by atoms with Crippen molar-refractivity contribution < 1.29 is 28.9 Å². The van der Waals surface area contributed by atoms with Gasteiger partial charge in [0.1, 0.15) is 17.6 Å². The third-order valence-electron chi connectivity index (χ3n) is 6.13. The number of benzene rings is 2. The summed E-state index contributed by atoms with van der Waals surface area (Å²) in [6.45, 7) is 0.875. The van der Waals surface area contributed by atoms with Crippen LogP contribution in [0.2, 0.25) is 0 Å². The number of carbonyl (C=O) groups excluding carboxylic acids is 2. The number of fused-ring (bicyclic) bond motifs is 2. The van der Waals surface area contributed by atoms with Gasteiger partial charge in [-0.05, 0) is 41.8 Å². The normalized spacial score (nSPS) is 17.4. The number of ether oxygens (including phenoxy) is 3. The van der Waals surface area contributed by atoms with Gasteiger partial charge in [0, 0.05) is 30.9 Å². The Balaban J connectivity index is 0.00000320.